The molecule has 0 aliphatic rings. The lowest BCUT2D eigenvalue weighted by molar-refractivity contribution is -0.385. The first kappa shape index (κ1) is 12.0. The minimum Gasteiger partial charge on any atom is -0.493 e. The molecule has 0 heterocycles. The molecule has 0 saturated carbocycles. The van der Waals surface area contributed by atoms with Gasteiger partial charge in [-0.3, -0.25) is 14.9 Å². The van der Waals surface area contributed by atoms with Gasteiger partial charge in [-0.15, -0.1) is 0 Å². The van der Waals surface area contributed by atoms with E-state index in [-0.39, 0.29) is 18.7 Å². The molecule has 1 aromatic carbocycles. The fourth-order valence-corrected chi connectivity index (χ4v) is 1.18. The fraction of sp³-hybridized carbons (Fsp3) is 0.300. The molecular weight excluding hydrogens is 214 g/mol. The van der Waals surface area contributed by atoms with Gasteiger partial charge in [0, 0.05) is 11.6 Å². The first-order valence-corrected chi connectivity index (χ1v) is 4.60. The molecule has 1 rings (SSSR count). The maximum Gasteiger partial charge on any atom is 0.306 e. The van der Waals surface area contributed by atoms with Crippen LogP contribution in [0.15, 0.2) is 18.2 Å². The van der Waals surface area contributed by atoms with Gasteiger partial charge in [0.25, 0.3) is 5.69 Å². The van der Waals surface area contributed by atoms with Gasteiger partial charge in [-0.25, -0.2) is 0 Å². The number of nitro groups is 1. The van der Waals surface area contributed by atoms with Crippen LogP contribution in [-0.4, -0.2) is 22.6 Å². The zero-order chi connectivity index (χ0) is 12.1. The summed E-state index contributed by atoms with van der Waals surface area (Å²) < 4.78 is 5.13. The van der Waals surface area contributed by atoms with Crippen LogP contribution in [-0.2, 0) is 4.79 Å². The molecule has 0 aliphatic carbocycles. The van der Waals surface area contributed by atoms with E-state index in [1.807, 2.05) is 0 Å². The van der Waals surface area contributed by atoms with Crippen LogP contribution >= 0.6 is 0 Å². The maximum atomic E-state index is 10.5. The molecule has 1 aromatic rings. The van der Waals surface area contributed by atoms with Gasteiger partial charge in [-0.2, -0.15) is 0 Å². The second-order valence-corrected chi connectivity index (χ2v) is 3.20. The molecule has 0 spiro atoms. The Kier molecular flexibility index (Phi) is 3.82. The molecular formula is C10H11NO5. The van der Waals surface area contributed by atoms with Gasteiger partial charge in [0.2, 0.25) is 0 Å². The minimum atomic E-state index is -0.946. The topological polar surface area (TPSA) is 89.7 Å². The first-order chi connectivity index (χ1) is 7.50. The predicted octanol–water partition coefficient (Wildman–Crippen LogP) is 1.76. The van der Waals surface area contributed by atoms with E-state index in [4.69, 9.17) is 9.84 Å². The van der Waals surface area contributed by atoms with E-state index in [0.717, 1.165) is 0 Å². The SMILES string of the molecule is Cc1cc(OCCC(=O)O)ccc1[N+](=O)[O-]. The van der Waals surface area contributed by atoms with Crippen molar-refractivity contribution in [1.29, 1.82) is 0 Å². The van der Waals surface area contributed by atoms with Gasteiger partial charge in [-0.1, -0.05) is 0 Å². The Bertz CT molecular complexity index is 416. The number of hydrogen-bond acceptors (Lipinski definition) is 4. The van der Waals surface area contributed by atoms with Crippen LogP contribution in [0, 0.1) is 17.0 Å². The van der Waals surface area contributed by atoms with Crippen LogP contribution in [0.5, 0.6) is 5.75 Å². The van der Waals surface area contributed by atoms with E-state index >= 15 is 0 Å². The van der Waals surface area contributed by atoms with Crippen LogP contribution < -0.4 is 4.74 Å². The normalized spacial score (nSPS) is 9.81. The molecule has 0 aliphatic heterocycles. The summed E-state index contributed by atoms with van der Waals surface area (Å²) in [4.78, 5) is 20.3. The van der Waals surface area contributed by atoms with Gasteiger partial charge in [0.1, 0.15) is 5.75 Å². The van der Waals surface area contributed by atoms with Gasteiger partial charge in [0.15, 0.2) is 0 Å². The first-order valence-electron chi connectivity index (χ1n) is 4.60. The van der Waals surface area contributed by atoms with Crippen LogP contribution in [0.25, 0.3) is 0 Å². The molecule has 0 fully saturated rings. The van der Waals surface area contributed by atoms with E-state index in [1.165, 1.54) is 18.2 Å². The Morgan fingerprint density at radius 3 is 2.75 bits per heavy atom. The molecule has 1 N–H and O–H groups in total. The molecule has 6 heteroatoms. The van der Waals surface area contributed by atoms with Crippen LogP contribution in [0.1, 0.15) is 12.0 Å². The summed E-state index contributed by atoms with van der Waals surface area (Å²) in [5.41, 5.74) is 0.503. The average molecular weight is 225 g/mol. The number of rotatable bonds is 5. The highest BCUT2D eigenvalue weighted by Crippen LogP contribution is 2.22. The van der Waals surface area contributed by atoms with Crippen molar-refractivity contribution in [2.45, 2.75) is 13.3 Å². The van der Waals surface area contributed by atoms with Crippen molar-refractivity contribution < 1.29 is 19.6 Å². The monoisotopic (exact) mass is 225 g/mol. The smallest absolute Gasteiger partial charge is 0.306 e. The molecule has 0 saturated heterocycles. The number of carboxylic acids is 1. The summed E-state index contributed by atoms with van der Waals surface area (Å²) in [6.45, 7) is 1.65. The molecule has 86 valence electrons. The van der Waals surface area contributed by atoms with Crippen molar-refractivity contribution in [3.8, 4) is 5.75 Å². The minimum absolute atomic E-state index is 0.0191. The third kappa shape index (κ3) is 3.23. The largest absolute Gasteiger partial charge is 0.493 e. The fourth-order valence-electron chi connectivity index (χ4n) is 1.18. The summed E-state index contributed by atoms with van der Waals surface area (Å²) in [6, 6.07) is 4.30. The van der Waals surface area contributed by atoms with Gasteiger partial charge >= 0.3 is 5.97 Å². The van der Waals surface area contributed by atoms with Crippen molar-refractivity contribution >= 4 is 11.7 Å². The van der Waals surface area contributed by atoms with E-state index in [1.54, 1.807) is 6.92 Å². The van der Waals surface area contributed by atoms with Crippen molar-refractivity contribution in [1.82, 2.24) is 0 Å². The Balaban J connectivity index is 2.66. The lowest BCUT2D eigenvalue weighted by Crippen LogP contribution is -2.05. The Morgan fingerprint density at radius 1 is 1.56 bits per heavy atom. The van der Waals surface area contributed by atoms with Crippen LogP contribution in [0.4, 0.5) is 5.69 Å². The lowest BCUT2D eigenvalue weighted by Gasteiger charge is -2.05. The molecule has 0 bridgehead atoms. The molecule has 16 heavy (non-hydrogen) atoms. The van der Waals surface area contributed by atoms with Crippen molar-refractivity contribution in [3.05, 3.63) is 33.9 Å². The highest BCUT2D eigenvalue weighted by Gasteiger charge is 2.10. The van der Waals surface area contributed by atoms with Gasteiger partial charge in [0.05, 0.1) is 18.0 Å². The zero-order valence-electron chi connectivity index (χ0n) is 8.67. The van der Waals surface area contributed by atoms with Gasteiger partial charge in [-0.05, 0) is 19.1 Å². The molecule has 0 aromatic heterocycles. The van der Waals surface area contributed by atoms with Crippen LogP contribution in [0.3, 0.4) is 0 Å². The number of benzene rings is 1. The summed E-state index contributed by atoms with van der Waals surface area (Å²) in [5.74, 6) is -0.511. The Labute approximate surface area is 91.6 Å². The molecule has 0 amide bonds. The lowest BCUT2D eigenvalue weighted by atomic mass is 10.2. The number of aryl methyl sites for hydroxylation is 1. The average Bonchev–Trinajstić information content (AvgIpc) is 2.16. The summed E-state index contributed by atoms with van der Waals surface area (Å²) >= 11 is 0. The third-order valence-corrected chi connectivity index (χ3v) is 1.95. The summed E-state index contributed by atoms with van der Waals surface area (Å²) in [6.07, 6.45) is -0.101. The molecule has 0 radical (unpaired) electrons. The summed E-state index contributed by atoms with van der Waals surface area (Å²) in [7, 11) is 0. The zero-order valence-corrected chi connectivity index (χ0v) is 8.67. The van der Waals surface area contributed by atoms with Crippen molar-refractivity contribution in [2.24, 2.45) is 0 Å². The van der Waals surface area contributed by atoms with Crippen LogP contribution in [0.2, 0.25) is 0 Å². The molecule has 0 atom stereocenters. The quantitative estimate of drug-likeness (QED) is 0.609. The Hall–Kier alpha value is -2.11. The number of ether oxygens (including phenoxy) is 1. The summed E-state index contributed by atoms with van der Waals surface area (Å²) in [5, 5.41) is 18.9. The van der Waals surface area contributed by atoms with E-state index in [0.29, 0.717) is 11.3 Å². The standard InChI is InChI=1S/C10H11NO5/c1-7-6-8(16-5-4-10(12)13)2-3-9(7)11(14)15/h2-3,6H,4-5H2,1H3,(H,12,13). The number of hydrogen-bond donors (Lipinski definition) is 1. The predicted molar refractivity (Wildman–Crippen MR) is 55.6 cm³/mol. The molecule has 6 nitrogen and oxygen atoms in total. The number of aliphatic carboxylic acids is 1. The highest BCUT2D eigenvalue weighted by atomic mass is 16.6. The third-order valence-electron chi connectivity index (χ3n) is 1.95. The van der Waals surface area contributed by atoms with E-state index in [9.17, 15) is 14.9 Å². The number of nitrogens with zero attached hydrogens (tertiary/aromatic N) is 1. The maximum absolute atomic E-state index is 10.5. The second kappa shape index (κ2) is 5.11. The number of carboxylic acid groups (broad SMARTS) is 1. The number of carbonyl (C=O) groups is 1. The highest BCUT2D eigenvalue weighted by molar-refractivity contribution is 5.66. The van der Waals surface area contributed by atoms with Crippen molar-refractivity contribution in [2.75, 3.05) is 6.61 Å². The van der Waals surface area contributed by atoms with E-state index in [2.05, 4.69) is 0 Å². The molecule has 0 unspecified atom stereocenters. The second-order valence-electron chi connectivity index (χ2n) is 3.20. The number of nitro benzene ring substituents is 1. The Morgan fingerprint density at radius 2 is 2.25 bits per heavy atom. The van der Waals surface area contributed by atoms with Crippen molar-refractivity contribution in [3.63, 3.8) is 0 Å². The van der Waals surface area contributed by atoms with Gasteiger partial charge < -0.3 is 9.84 Å². The van der Waals surface area contributed by atoms with E-state index < -0.39 is 10.9 Å².